The van der Waals surface area contributed by atoms with Gasteiger partial charge < -0.3 is 14.8 Å². The summed E-state index contributed by atoms with van der Waals surface area (Å²) in [4.78, 5) is 23.9. The molecule has 0 amide bonds. The largest absolute Gasteiger partial charge is 0.535 e. The maximum absolute atomic E-state index is 11.5. The van der Waals surface area contributed by atoms with Gasteiger partial charge in [-0.15, -0.1) is 0 Å². The molecular formula is C19H15N3O4. The molecule has 4 rings (SSSR count). The summed E-state index contributed by atoms with van der Waals surface area (Å²) < 4.78 is 4.75. The number of ether oxygens (including phenoxy) is 1. The molecular weight excluding hydrogens is 334 g/mol. The van der Waals surface area contributed by atoms with Crippen molar-refractivity contribution in [3.05, 3.63) is 59.7 Å². The van der Waals surface area contributed by atoms with Gasteiger partial charge in [0.15, 0.2) is 5.88 Å². The topological polar surface area (TPSA) is 96.3 Å². The van der Waals surface area contributed by atoms with Crippen molar-refractivity contribution in [2.75, 3.05) is 6.61 Å². The van der Waals surface area contributed by atoms with Gasteiger partial charge in [-0.3, -0.25) is 4.84 Å². The molecule has 1 aromatic heterocycles. The molecule has 130 valence electrons. The lowest BCUT2D eigenvalue weighted by Gasteiger charge is -2.04. The number of aromatic amines is 1. The first kappa shape index (κ1) is 15.9. The van der Waals surface area contributed by atoms with Crippen LogP contribution in [0, 0.1) is 0 Å². The Morgan fingerprint density at radius 3 is 2.81 bits per heavy atom. The molecule has 0 aliphatic carbocycles. The quantitative estimate of drug-likeness (QED) is 0.426. The molecule has 0 fully saturated rings. The number of oxime groups is 1. The number of aliphatic imine (C=N–C) groups is 1. The molecule has 0 unspecified atom stereocenters. The number of fused-ring (bicyclic) bond motifs is 2. The molecule has 0 saturated carbocycles. The Morgan fingerprint density at radius 1 is 1.19 bits per heavy atom. The van der Waals surface area contributed by atoms with E-state index in [1.54, 1.807) is 6.92 Å². The van der Waals surface area contributed by atoms with Gasteiger partial charge in [0.05, 0.1) is 17.9 Å². The molecule has 3 aromatic rings. The second-order valence-electron chi connectivity index (χ2n) is 5.59. The fraction of sp³-hybridized carbons (Fsp3) is 0.105. The fourth-order valence-electron chi connectivity index (χ4n) is 2.93. The number of H-pyrrole nitrogens is 1. The average Bonchev–Trinajstić information content (AvgIpc) is 3.16. The molecule has 7 nitrogen and oxygen atoms in total. The van der Waals surface area contributed by atoms with Crippen molar-refractivity contribution >= 4 is 34.2 Å². The Hall–Kier alpha value is -3.61. The highest BCUT2D eigenvalue weighted by Crippen LogP contribution is 2.35. The number of nitrogens with one attached hydrogen (secondary N) is 1. The third kappa shape index (κ3) is 2.59. The smallest absolute Gasteiger partial charge is 0.494 e. The van der Waals surface area contributed by atoms with E-state index in [0.717, 1.165) is 10.9 Å². The molecule has 2 heterocycles. The molecule has 0 atom stereocenters. The van der Waals surface area contributed by atoms with Gasteiger partial charge >= 0.3 is 6.16 Å². The van der Waals surface area contributed by atoms with E-state index < -0.39 is 6.16 Å². The van der Waals surface area contributed by atoms with Gasteiger partial charge in [0, 0.05) is 16.5 Å². The SMILES string of the molecule is CCOC(=O)O/N=C1/C(c2c(O)[nH]c3ccccc23)=Nc2ccccc21. The number of rotatable bonds is 3. The van der Waals surface area contributed by atoms with Gasteiger partial charge in [-0.2, -0.15) is 0 Å². The van der Waals surface area contributed by atoms with Crippen LogP contribution in [0.15, 0.2) is 58.7 Å². The first-order valence-electron chi connectivity index (χ1n) is 8.09. The Morgan fingerprint density at radius 2 is 1.96 bits per heavy atom. The third-order valence-electron chi connectivity index (χ3n) is 4.01. The van der Waals surface area contributed by atoms with Gasteiger partial charge in [-0.1, -0.05) is 41.6 Å². The predicted molar refractivity (Wildman–Crippen MR) is 97.2 cm³/mol. The van der Waals surface area contributed by atoms with Crippen LogP contribution < -0.4 is 0 Å². The number of para-hydroxylation sites is 2. The predicted octanol–water partition coefficient (Wildman–Crippen LogP) is 3.89. The van der Waals surface area contributed by atoms with E-state index in [0.29, 0.717) is 28.2 Å². The monoisotopic (exact) mass is 349 g/mol. The van der Waals surface area contributed by atoms with Gasteiger partial charge in [-0.25, -0.2) is 9.79 Å². The summed E-state index contributed by atoms with van der Waals surface area (Å²) in [7, 11) is 0. The Labute approximate surface area is 148 Å². The van der Waals surface area contributed by atoms with Crippen molar-refractivity contribution in [1.82, 2.24) is 4.98 Å². The summed E-state index contributed by atoms with van der Waals surface area (Å²) in [6.07, 6.45) is -0.896. The Bertz CT molecular complexity index is 1070. The molecule has 2 N–H and O–H groups in total. The van der Waals surface area contributed by atoms with E-state index in [4.69, 9.17) is 9.57 Å². The first-order valence-corrected chi connectivity index (χ1v) is 8.09. The molecule has 2 aromatic carbocycles. The minimum Gasteiger partial charge on any atom is -0.494 e. The molecule has 0 radical (unpaired) electrons. The van der Waals surface area contributed by atoms with E-state index in [1.807, 2.05) is 48.5 Å². The van der Waals surface area contributed by atoms with Crippen LogP contribution in [-0.4, -0.2) is 34.3 Å². The van der Waals surface area contributed by atoms with Gasteiger partial charge in [-0.05, 0) is 19.1 Å². The highest BCUT2D eigenvalue weighted by atomic mass is 16.8. The van der Waals surface area contributed by atoms with E-state index in [-0.39, 0.29) is 12.5 Å². The van der Waals surface area contributed by atoms with Crippen LogP contribution in [0.2, 0.25) is 0 Å². The maximum atomic E-state index is 11.5. The van der Waals surface area contributed by atoms with Crippen molar-refractivity contribution < 1.29 is 19.5 Å². The highest BCUT2D eigenvalue weighted by molar-refractivity contribution is 6.58. The van der Waals surface area contributed by atoms with E-state index in [1.165, 1.54) is 0 Å². The van der Waals surface area contributed by atoms with Gasteiger partial charge in [0.25, 0.3) is 0 Å². The Kier molecular flexibility index (Phi) is 3.89. The molecule has 1 aliphatic rings. The van der Waals surface area contributed by atoms with E-state index in [2.05, 4.69) is 15.1 Å². The molecule has 0 spiro atoms. The van der Waals surface area contributed by atoms with Crippen molar-refractivity contribution in [1.29, 1.82) is 0 Å². The zero-order chi connectivity index (χ0) is 18.1. The number of aromatic nitrogens is 1. The molecule has 26 heavy (non-hydrogen) atoms. The first-order chi connectivity index (χ1) is 12.7. The fourth-order valence-corrected chi connectivity index (χ4v) is 2.93. The van der Waals surface area contributed by atoms with Crippen LogP contribution in [0.4, 0.5) is 10.5 Å². The number of hydrogen-bond acceptors (Lipinski definition) is 6. The number of aromatic hydroxyl groups is 1. The lowest BCUT2D eigenvalue weighted by molar-refractivity contribution is 0.0616. The van der Waals surface area contributed by atoms with Crippen molar-refractivity contribution in [2.24, 2.45) is 10.1 Å². The number of hydrogen-bond donors (Lipinski definition) is 2. The second kappa shape index (κ2) is 6.36. The normalized spacial score (nSPS) is 14.3. The zero-order valence-corrected chi connectivity index (χ0v) is 13.9. The average molecular weight is 349 g/mol. The van der Waals surface area contributed by atoms with Crippen molar-refractivity contribution in [2.45, 2.75) is 6.92 Å². The standard InChI is InChI=1S/C19H15N3O4/c1-2-25-19(24)26-22-16-12-8-4-6-10-14(12)20-17(16)15-11-7-3-5-9-13(11)21-18(15)23/h3-10,21,23H,2H2,1H3/b22-16+. The lowest BCUT2D eigenvalue weighted by atomic mass is 10.0. The lowest BCUT2D eigenvalue weighted by Crippen LogP contribution is -2.15. The Balaban J connectivity index is 1.85. The van der Waals surface area contributed by atoms with Crippen LogP contribution in [0.25, 0.3) is 10.9 Å². The number of carbonyl (C=O) groups is 1. The number of benzene rings is 2. The van der Waals surface area contributed by atoms with E-state index in [9.17, 15) is 9.90 Å². The van der Waals surface area contributed by atoms with Gasteiger partial charge in [0.1, 0.15) is 11.4 Å². The van der Waals surface area contributed by atoms with Crippen LogP contribution in [0.1, 0.15) is 18.1 Å². The van der Waals surface area contributed by atoms with E-state index >= 15 is 0 Å². The van der Waals surface area contributed by atoms with Crippen LogP contribution in [0.3, 0.4) is 0 Å². The molecule has 7 heteroatoms. The summed E-state index contributed by atoms with van der Waals surface area (Å²) in [5.41, 5.74) is 3.43. The zero-order valence-electron chi connectivity index (χ0n) is 13.9. The third-order valence-corrected chi connectivity index (χ3v) is 4.01. The van der Waals surface area contributed by atoms with Crippen LogP contribution >= 0.6 is 0 Å². The summed E-state index contributed by atoms with van der Waals surface area (Å²) in [5, 5.41) is 15.2. The minimum atomic E-state index is -0.896. The van der Waals surface area contributed by atoms with Crippen molar-refractivity contribution in [3.8, 4) is 5.88 Å². The van der Waals surface area contributed by atoms with Gasteiger partial charge in [0.2, 0.25) is 0 Å². The highest BCUT2D eigenvalue weighted by Gasteiger charge is 2.29. The maximum Gasteiger partial charge on any atom is 0.535 e. The summed E-state index contributed by atoms with van der Waals surface area (Å²) in [6.45, 7) is 1.86. The summed E-state index contributed by atoms with van der Waals surface area (Å²) in [6, 6.07) is 14.8. The summed E-state index contributed by atoms with van der Waals surface area (Å²) in [5.74, 6) is -0.0263. The molecule has 0 saturated heterocycles. The summed E-state index contributed by atoms with van der Waals surface area (Å²) >= 11 is 0. The molecule has 1 aliphatic heterocycles. The number of nitrogens with zero attached hydrogens (tertiary/aromatic N) is 2. The van der Waals surface area contributed by atoms with Crippen LogP contribution in [0.5, 0.6) is 5.88 Å². The molecule has 0 bridgehead atoms. The minimum absolute atomic E-state index is 0.0263. The van der Waals surface area contributed by atoms with Crippen LogP contribution in [-0.2, 0) is 9.57 Å². The second-order valence-corrected chi connectivity index (χ2v) is 5.59. The van der Waals surface area contributed by atoms with Crippen molar-refractivity contribution in [3.63, 3.8) is 0 Å². The number of carbonyl (C=O) groups excluding carboxylic acids is 1.